The number of carbonyl (C=O) groups is 1. The molecule has 7 heteroatoms. The maximum Gasteiger partial charge on any atom is 0.302 e. The van der Waals surface area contributed by atoms with Gasteiger partial charge in [0.15, 0.2) is 0 Å². The van der Waals surface area contributed by atoms with Crippen molar-refractivity contribution in [2.45, 2.75) is 6.42 Å². The minimum absolute atomic E-state index is 0. The normalized spacial score (nSPS) is 21.6. The van der Waals surface area contributed by atoms with Gasteiger partial charge >= 0.3 is 5.97 Å². The van der Waals surface area contributed by atoms with Crippen LogP contribution in [0.2, 0.25) is 0 Å². The van der Waals surface area contributed by atoms with Gasteiger partial charge in [-0.05, 0) is 0 Å². The molecule has 0 radical (unpaired) electrons. The first kappa shape index (κ1) is 17.8. The molecule has 0 spiro atoms. The summed E-state index contributed by atoms with van der Waals surface area (Å²) in [6, 6.07) is 0. The molecule has 1 heterocycles. The molecule has 18 heavy (non-hydrogen) atoms. The molecule has 0 aromatic rings. The molecule has 1 fully saturated rings. The van der Waals surface area contributed by atoms with E-state index >= 15 is 0 Å². The minimum Gasteiger partial charge on any atom is -0.664 e. The van der Waals surface area contributed by atoms with Crippen LogP contribution in [0, 0.1) is 5.92 Å². The second-order valence-electron chi connectivity index (χ2n) is 3.99. The Kier molecular flexibility index (Phi) is 11.7. The van der Waals surface area contributed by atoms with Gasteiger partial charge in [-0.1, -0.05) is 6.42 Å². The third kappa shape index (κ3) is 8.83. The Hall–Kier alpha value is -0.196. The van der Waals surface area contributed by atoms with Crippen molar-refractivity contribution in [3.8, 4) is 0 Å². The van der Waals surface area contributed by atoms with Crippen LogP contribution < -0.4 is 0 Å². The smallest absolute Gasteiger partial charge is 0.302 e. The van der Waals surface area contributed by atoms with Gasteiger partial charge in [0, 0.05) is 22.4 Å². The molecule has 1 aliphatic rings. The summed E-state index contributed by atoms with van der Waals surface area (Å²) in [6.45, 7) is 4.91. The van der Waals surface area contributed by atoms with Gasteiger partial charge in [0.25, 0.3) is 0 Å². The summed E-state index contributed by atoms with van der Waals surface area (Å²) in [5, 5.41) is 26.0. The van der Waals surface area contributed by atoms with E-state index < -0.39 is 11.9 Å². The number of hydrogen-bond donors (Lipinski definition) is 1. The zero-order chi connectivity index (χ0) is 12.3. The Balaban J connectivity index is 0.00000289. The van der Waals surface area contributed by atoms with Crippen LogP contribution in [0.1, 0.15) is 6.42 Å². The first-order valence-electron chi connectivity index (χ1n) is 6.06. The molecule has 0 atom stereocenters. The number of aliphatic carboxylic acids is 1. The van der Waals surface area contributed by atoms with E-state index in [2.05, 4.69) is 21.3 Å². The summed E-state index contributed by atoms with van der Waals surface area (Å²) in [5.41, 5.74) is 0. The quantitative estimate of drug-likeness (QED) is 0.744. The van der Waals surface area contributed by atoms with E-state index in [0.717, 1.165) is 19.5 Å². The molecular weight excluding hydrogens is 279 g/mol. The molecule has 1 aliphatic heterocycles. The zero-order valence-corrected chi connectivity index (χ0v) is 11.4. The van der Waals surface area contributed by atoms with Crippen molar-refractivity contribution in [1.29, 1.82) is 0 Å². The van der Waals surface area contributed by atoms with E-state index in [-0.39, 0.29) is 16.5 Å². The molecule has 0 aromatic carbocycles. The fourth-order valence-corrected chi connectivity index (χ4v) is 1.51. The van der Waals surface area contributed by atoms with Crippen molar-refractivity contribution < 1.29 is 26.4 Å². The number of carboxylic acids is 1. The van der Waals surface area contributed by atoms with Crippen molar-refractivity contribution >= 4 is 5.97 Å². The molecule has 0 aromatic heterocycles. The summed E-state index contributed by atoms with van der Waals surface area (Å²) >= 11 is 0. The van der Waals surface area contributed by atoms with Crippen molar-refractivity contribution in [3.05, 3.63) is 21.3 Å². The van der Waals surface area contributed by atoms with Crippen LogP contribution in [-0.4, -0.2) is 63.4 Å². The van der Waals surface area contributed by atoms with E-state index in [9.17, 15) is 4.79 Å². The number of carboxylic acid groups (broad SMARTS) is 1. The maximum atomic E-state index is 10.9. The predicted octanol–water partition coefficient (Wildman–Crippen LogP) is 1.58. The Morgan fingerprint density at radius 1 is 0.833 bits per heavy atom. The molecule has 0 unspecified atom stereocenters. The molecule has 1 N–H and O–H groups in total. The average molecular weight is 299 g/mol. The Labute approximate surface area is 119 Å². The second-order valence-corrected chi connectivity index (χ2v) is 3.99. The van der Waals surface area contributed by atoms with E-state index in [1.807, 2.05) is 0 Å². The van der Waals surface area contributed by atoms with Gasteiger partial charge in [0.05, 0.1) is 0 Å². The van der Waals surface area contributed by atoms with Gasteiger partial charge in [-0.2, -0.15) is 39.3 Å². The summed E-state index contributed by atoms with van der Waals surface area (Å²) in [5.74, 6) is -1.31. The van der Waals surface area contributed by atoms with Crippen molar-refractivity contribution in [3.63, 3.8) is 0 Å². The van der Waals surface area contributed by atoms with E-state index in [0.29, 0.717) is 39.3 Å². The molecular formula is C11H20N4NiO2-4. The maximum absolute atomic E-state index is 10.9. The second kappa shape index (κ2) is 11.9. The zero-order valence-electron chi connectivity index (χ0n) is 10.4. The first-order valence-corrected chi connectivity index (χ1v) is 6.06. The van der Waals surface area contributed by atoms with Crippen LogP contribution in [-0.2, 0) is 21.3 Å². The van der Waals surface area contributed by atoms with E-state index in [4.69, 9.17) is 5.11 Å². The SMILES string of the molecule is O=C(O)C1C[N-]CC[N-]CCC[N-]CC[N-]C1.[Ni]. The van der Waals surface area contributed by atoms with Gasteiger partial charge in [0.1, 0.15) is 0 Å². The standard InChI is InChI=1S/C11H20N4O2.Ni/c16-11(17)10-8-14-6-4-12-2-1-3-13-5-7-15-9-10;/h10H,1-9H2,(H,16,17);/q-4;. The van der Waals surface area contributed by atoms with Crippen LogP contribution in [0.3, 0.4) is 0 Å². The van der Waals surface area contributed by atoms with Crippen LogP contribution in [0.25, 0.3) is 21.3 Å². The van der Waals surface area contributed by atoms with Gasteiger partial charge in [0.2, 0.25) is 0 Å². The van der Waals surface area contributed by atoms with Gasteiger partial charge < -0.3 is 26.4 Å². The minimum atomic E-state index is -0.821. The predicted molar refractivity (Wildman–Crippen MR) is 68.1 cm³/mol. The first-order chi connectivity index (χ1) is 8.30. The van der Waals surface area contributed by atoms with Gasteiger partial charge in [-0.15, -0.1) is 13.1 Å². The average Bonchev–Trinajstić information content (AvgIpc) is 2.31. The Morgan fingerprint density at radius 2 is 1.28 bits per heavy atom. The molecule has 1 saturated heterocycles. The fourth-order valence-electron chi connectivity index (χ4n) is 1.51. The molecule has 0 bridgehead atoms. The van der Waals surface area contributed by atoms with Gasteiger partial charge in [-0.25, -0.2) is 0 Å². The van der Waals surface area contributed by atoms with Crippen molar-refractivity contribution in [2.75, 3.05) is 52.4 Å². The van der Waals surface area contributed by atoms with Gasteiger partial charge in [-0.3, -0.25) is 4.79 Å². The number of rotatable bonds is 1. The fraction of sp³-hybridized carbons (Fsp3) is 0.909. The largest absolute Gasteiger partial charge is 0.664 e. The molecule has 0 aliphatic carbocycles. The third-order valence-electron chi connectivity index (χ3n) is 2.51. The molecule has 0 amide bonds. The molecule has 1 rings (SSSR count). The molecule has 6 nitrogen and oxygen atoms in total. The summed E-state index contributed by atoms with van der Waals surface area (Å²) in [6.07, 6.45) is 0.984. The van der Waals surface area contributed by atoms with Crippen LogP contribution in [0.15, 0.2) is 0 Å². The summed E-state index contributed by atoms with van der Waals surface area (Å²) in [7, 11) is 0. The van der Waals surface area contributed by atoms with Crippen molar-refractivity contribution in [1.82, 2.24) is 0 Å². The molecule has 0 saturated carbocycles. The molecule has 110 valence electrons. The van der Waals surface area contributed by atoms with E-state index in [1.54, 1.807) is 0 Å². The Morgan fingerprint density at radius 3 is 1.72 bits per heavy atom. The Bertz CT molecular complexity index is 205. The summed E-state index contributed by atoms with van der Waals surface area (Å²) in [4.78, 5) is 10.9. The van der Waals surface area contributed by atoms with E-state index in [1.165, 1.54) is 0 Å². The number of nitrogens with zero attached hydrogens (tertiary/aromatic N) is 4. The summed E-state index contributed by atoms with van der Waals surface area (Å²) < 4.78 is 0. The number of hydrogen-bond acceptors (Lipinski definition) is 1. The van der Waals surface area contributed by atoms with Crippen LogP contribution in [0.4, 0.5) is 0 Å². The van der Waals surface area contributed by atoms with Crippen molar-refractivity contribution in [2.24, 2.45) is 5.92 Å². The third-order valence-corrected chi connectivity index (χ3v) is 2.51. The monoisotopic (exact) mass is 298 g/mol. The van der Waals surface area contributed by atoms with Crippen LogP contribution in [0.5, 0.6) is 0 Å². The van der Waals surface area contributed by atoms with Crippen LogP contribution >= 0.6 is 0 Å². The topological polar surface area (TPSA) is 93.7 Å².